The van der Waals surface area contributed by atoms with Crippen molar-refractivity contribution in [2.45, 2.75) is 0 Å². The van der Waals surface area contributed by atoms with Crippen molar-refractivity contribution in [1.29, 1.82) is 0 Å². The fourth-order valence-electron chi connectivity index (χ4n) is 7.84. The molecule has 0 spiro atoms. The molecule has 0 saturated carbocycles. The van der Waals surface area contributed by atoms with Gasteiger partial charge in [-0.2, -0.15) is 0 Å². The van der Waals surface area contributed by atoms with Gasteiger partial charge in [0.1, 0.15) is 0 Å². The third-order valence-corrected chi connectivity index (χ3v) is 10.7. The molecule has 10 rings (SSSR count). The van der Waals surface area contributed by atoms with E-state index in [1.165, 1.54) is 38.8 Å². The molecule has 9 aromatic carbocycles. The van der Waals surface area contributed by atoms with Crippen molar-refractivity contribution in [3.63, 3.8) is 0 Å². The first-order chi connectivity index (χ1) is 27.7. The Morgan fingerprint density at radius 3 is 1.34 bits per heavy atom. The predicted octanol–water partition coefficient (Wildman–Crippen LogP) is 14.5. The summed E-state index contributed by atoms with van der Waals surface area (Å²) in [6.07, 6.45) is 0. The summed E-state index contributed by atoms with van der Waals surface area (Å²) in [6.45, 7) is 0. The van der Waals surface area contributed by atoms with E-state index >= 15 is 0 Å². The minimum Gasteiger partial charge on any atom is -0.228 e. The SMILES string of the molecule is c1ccc(-c2cccc(-c3cccc(-c4ccc(-c5ccc(-c6nc(-c7ccccc7-c7ccccc7)c7c(ccc8ccccc87)n6)cc5)cc4)c3)c2)cc1. The molecule has 0 radical (unpaired) electrons. The standard InChI is InChI=1S/C54H36N2/c1-3-13-37(14-4-1)44-18-11-20-46(35-44)47-21-12-19-45(36-47)40-27-25-38(26-28-40)39-29-31-43(32-30-39)54-55-51-34-33-42-17-7-8-23-49(42)52(51)53(56-54)50-24-10-9-22-48(50)41-15-5-2-6-16-41/h1-36H. The molecule has 1 heterocycles. The van der Waals surface area contributed by atoms with Crippen LogP contribution in [0.4, 0.5) is 0 Å². The second-order valence-electron chi connectivity index (χ2n) is 14.2. The fourth-order valence-corrected chi connectivity index (χ4v) is 7.84. The van der Waals surface area contributed by atoms with E-state index in [0.717, 1.165) is 55.4 Å². The quantitative estimate of drug-likeness (QED) is 0.154. The number of fused-ring (bicyclic) bond motifs is 3. The molecule has 0 unspecified atom stereocenters. The lowest BCUT2D eigenvalue weighted by Gasteiger charge is -2.15. The summed E-state index contributed by atoms with van der Waals surface area (Å²) < 4.78 is 0. The Kier molecular flexibility index (Phi) is 8.55. The van der Waals surface area contributed by atoms with Crippen LogP contribution < -0.4 is 0 Å². The summed E-state index contributed by atoms with van der Waals surface area (Å²) >= 11 is 0. The molecule has 2 nitrogen and oxygen atoms in total. The minimum absolute atomic E-state index is 0.710. The van der Waals surface area contributed by atoms with Gasteiger partial charge in [-0.25, -0.2) is 9.97 Å². The van der Waals surface area contributed by atoms with Gasteiger partial charge < -0.3 is 0 Å². The Bertz CT molecular complexity index is 2990. The van der Waals surface area contributed by atoms with Gasteiger partial charge >= 0.3 is 0 Å². The number of hydrogen-bond donors (Lipinski definition) is 0. The Balaban J connectivity index is 0.975. The first-order valence-electron chi connectivity index (χ1n) is 19.1. The summed E-state index contributed by atoms with van der Waals surface area (Å²) in [6, 6.07) is 77.6. The lowest BCUT2D eigenvalue weighted by Crippen LogP contribution is -1.97. The van der Waals surface area contributed by atoms with Crippen molar-refractivity contribution in [2.24, 2.45) is 0 Å². The Hall–Kier alpha value is -7.42. The zero-order valence-corrected chi connectivity index (χ0v) is 30.7. The molecule has 0 aliphatic rings. The van der Waals surface area contributed by atoms with Crippen molar-refractivity contribution >= 4 is 21.7 Å². The fraction of sp³-hybridized carbons (Fsp3) is 0. The third-order valence-electron chi connectivity index (χ3n) is 10.7. The van der Waals surface area contributed by atoms with Crippen molar-refractivity contribution < 1.29 is 0 Å². The van der Waals surface area contributed by atoms with Gasteiger partial charge in [0, 0.05) is 16.5 Å². The molecule has 0 amide bonds. The van der Waals surface area contributed by atoms with Crippen LogP contribution in [0, 0.1) is 0 Å². The van der Waals surface area contributed by atoms with Crippen molar-refractivity contribution in [3.05, 3.63) is 218 Å². The summed E-state index contributed by atoms with van der Waals surface area (Å²) in [5.41, 5.74) is 15.8. The van der Waals surface area contributed by atoms with Crippen LogP contribution in [-0.2, 0) is 0 Å². The molecule has 2 heteroatoms. The first-order valence-corrected chi connectivity index (χ1v) is 19.1. The molecule has 10 aromatic rings. The highest BCUT2D eigenvalue weighted by Gasteiger charge is 2.17. The zero-order chi connectivity index (χ0) is 37.3. The van der Waals surface area contributed by atoms with E-state index < -0.39 is 0 Å². The molecule has 0 saturated heterocycles. The van der Waals surface area contributed by atoms with E-state index in [-0.39, 0.29) is 0 Å². The minimum atomic E-state index is 0.710. The van der Waals surface area contributed by atoms with Gasteiger partial charge in [-0.3, -0.25) is 0 Å². The lowest BCUT2D eigenvalue weighted by molar-refractivity contribution is 1.23. The molecule has 0 aliphatic carbocycles. The van der Waals surface area contributed by atoms with Crippen molar-refractivity contribution in [2.75, 3.05) is 0 Å². The van der Waals surface area contributed by atoms with Gasteiger partial charge in [-0.1, -0.05) is 200 Å². The van der Waals surface area contributed by atoms with Crippen LogP contribution in [0.15, 0.2) is 218 Å². The average Bonchev–Trinajstić information content (AvgIpc) is 3.29. The van der Waals surface area contributed by atoms with Crippen LogP contribution in [0.1, 0.15) is 0 Å². The van der Waals surface area contributed by atoms with E-state index in [4.69, 9.17) is 9.97 Å². The van der Waals surface area contributed by atoms with Crippen LogP contribution in [0.25, 0.3) is 100.0 Å². The summed E-state index contributed by atoms with van der Waals surface area (Å²) in [5.74, 6) is 0.710. The Morgan fingerprint density at radius 2 is 0.714 bits per heavy atom. The molecule has 0 aliphatic heterocycles. The summed E-state index contributed by atoms with van der Waals surface area (Å²) in [7, 11) is 0. The molecular weight excluding hydrogens is 677 g/mol. The number of nitrogens with zero attached hydrogens (tertiary/aromatic N) is 2. The molecule has 0 bridgehead atoms. The molecule has 0 fully saturated rings. The zero-order valence-electron chi connectivity index (χ0n) is 30.7. The highest BCUT2D eigenvalue weighted by Crippen LogP contribution is 2.39. The lowest BCUT2D eigenvalue weighted by atomic mass is 9.93. The van der Waals surface area contributed by atoms with Crippen LogP contribution in [0.2, 0.25) is 0 Å². The molecular formula is C54H36N2. The monoisotopic (exact) mass is 712 g/mol. The normalized spacial score (nSPS) is 11.2. The number of rotatable bonds is 7. The van der Waals surface area contributed by atoms with Gasteiger partial charge in [0.25, 0.3) is 0 Å². The average molecular weight is 713 g/mol. The second-order valence-corrected chi connectivity index (χ2v) is 14.2. The van der Waals surface area contributed by atoms with Gasteiger partial charge in [0.15, 0.2) is 5.82 Å². The Morgan fingerprint density at radius 1 is 0.268 bits per heavy atom. The highest BCUT2D eigenvalue weighted by molar-refractivity contribution is 6.13. The Labute approximate surface area is 327 Å². The van der Waals surface area contributed by atoms with Gasteiger partial charge in [-0.15, -0.1) is 0 Å². The van der Waals surface area contributed by atoms with Crippen LogP contribution in [0.5, 0.6) is 0 Å². The molecule has 56 heavy (non-hydrogen) atoms. The van der Waals surface area contributed by atoms with Gasteiger partial charge in [0.2, 0.25) is 0 Å². The first kappa shape index (κ1) is 33.2. The van der Waals surface area contributed by atoms with E-state index in [9.17, 15) is 0 Å². The maximum absolute atomic E-state index is 5.36. The van der Waals surface area contributed by atoms with Crippen LogP contribution >= 0.6 is 0 Å². The smallest absolute Gasteiger partial charge is 0.160 e. The number of benzene rings is 9. The summed E-state index contributed by atoms with van der Waals surface area (Å²) in [5, 5.41) is 3.39. The van der Waals surface area contributed by atoms with Gasteiger partial charge in [0.05, 0.1) is 11.2 Å². The topological polar surface area (TPSA) is 25.8 Å². The molecule has 0 N–H and O–H groups in total. The maximum atomic E-state index is 5.36. The van der Waals surface area contributed by atoms with E-state index in [2.05, 4.69) is 218 Å². The number of hydrogen-bond acceptors (Lipinski definition) is 2. The number of aromatic nitrogens is 2. The largest absolute Gasteiger partial charge is 0.228 e. The van der Waals surface area contributed by atoms with Gasteiger partial charge in [-0.05, 0) is 84.6 Å². The molecule has 0 atom stereocenters. The van der Waals surface area contributed by atoms with Crippen LogP contribution in [-0.4, -0.2) is 9.97 Å². The second kappa shape index (κ2) is 14.4. The van der Waals surface area contributed by atoms with Crippen molar-refractivity contribution in [3.8, 4) is 78.3 Å². The van der Waals surface area contributed by atoms with Crippen LogP contribution in [0.3, 0.4) is 0 Å². The van der Waals surface area contributed by atoms with E-state index in [0.29, 0.717) is 5.82 Å². The third kappa shape index (κ3) is 6.34. The van der Waals surface area contributed by atoms with Crippen molar-refractivity contribution in [1.82, 2.24) is 9.97 Å². The predicted molar refractivity (Wildman–Crippen MR) is 235 cm³/mol. The van der Waals surface area contributed by atoms with E-state index in [1.807, 2.05) is 0 Å². The molecule has 1 aromatic heterocycles. The van der Waals surface area contributed by atoms with E-state index in [1.54, 1.807) is 0 Å². The molecule has 262 valence electrons. The highest BCUT2D eigenvalue weighted by atomic mass is 14.9. The maximum Gasteiger partial charge on any atom is 0.160 e. The summed E-state index contributed by atoms with van der Waals surface area (Å²) in [4.78, 5) is 10.5.